The summed E-state index contributed by atoms with van der Waals surface area (Å²) in [7, 11) is 2.81. The van der Waals surface area contributed by atoms with Gasteiger partial charge in [-0.2, -0.15) is 0 Å². The van der Waals surface area contributed by atoms with Crippen LogP contribution in [0.3, 0.4) is 0 Å². The van der Waals surface area contributed by atoms with Crippen molar-refractivity contribution in [3.05, 3.63) is 23.3 Å². The van der Waals surface area contributed by atoms with E-state index in [0.29, 0.717) is 0 Å². The van der Waals surface area contributed by atoms with Gasteiger partial charge in [0.05, 0.1) is 25.6 Å². The molecule has 1 fully saturated rings. The Kier molecular flexibility index (Phi) is 17.2. The Hall–Kier alpha value is -1.63. The fourth-order valence-electron chi connectivity index (χ4n) is 3.76. The molecule has 1 saturated carbocycles. The maximum Gasteiger partial charge on any atom is 0.320 e. The van der Waals surface area contributed by atoms with Crippen LogP contribution in [-0.2, 0) is 49.4 Å². The van der Waals surface area contributed by atoms with E-state index < -0.39 is 29.0 Å². The fourth-order valence-corrected chi connectivity index (χ4v) is 7.63. The molecule has 0 aromatic carbocycles. The quantitative estimate of drug-likeness (QED) is 0.0744. The highest BCUT2D eigenvalue weighted by Gasteiger charge is 2.61. The summed E-state index contributed by atoms with van der Waals surface area (Å²) in [5.74, 6) is 1.55. The lowest BCUT2D eigenvalue weighted by atomic mass is 10.1. The number of carbonyl (C=O) groups excluding carboxylic acids is 3. The van der Waals surface area contributed by atoms with E-state index in [4.69, 9.17) is 41.5 Å². The minimum absolute atomic E-state index is 0.0319. The van der Waals surface area contributed by atoms with Crippen molar-refractivity contribution in [2.45, 2.75) is 79.6 Å². The van der Waals surface area contributed by atoms with E-state index in [9.17, 15) is 14.4 Å². The SMILES string of the molecule is C#CC(OC(=O)[C@@H]1C(C=C(C)C)C1(C)C)/C(C)=C/CC.CCOC(=O)CC(SP(=S)(OC)OC)C(=O)OCC. The van der Waals surface area contributed by atoms with Gasteiger partial charge in [0.2, 0.25) is 5.69 Å². The van der Waals surface area contributed by atoms with E-state index in [0.717, 1.165) is 23.4 Å². The van der Waals surface area contributed by atoms with Crippen molar-refractivity contribution in [3.63, 3.8) is 0 Å². The molecular formula is C28H45O8PS2. The molecule has 0 radical (unpaired) electrons. The van der Waals surface area contributed by atoms with Crippen molar-refractivity contribution in [1.82, 2.24) is 0 Å². The van der Waals surface area contributed by atoms with Crippen molar-refractivity contribution < 1.29 is 37.6 Å². The minimum Gasteiger partial charge on any atom is -0.466 e. The van der Waals surface area contributed by atoms with Gasteiger partial charge in [-0.1, -0.05) is 55.8 Å². The Labute approximate surface area is 243 Å². The van der Waals surface area contributed by atoms with Crippen LogP contribution in [0.1, 0.15) is 68.2 Å². The molecule has 4 atom stereocenters. The molecule has 8 nitrogen and oxygen atoms in total. The number of rotatable bonds is 14. The largest absolute Gasteiger partial charge is 0.466 e. The molecule has 0 spiro atoms. The summed E-state index contributed by atoms with van der Waals surface area (Å²) in [5.41, 5.74) is -0.519. The monoisotopic (exact) mass is 604 g/mol. The van der Waals surface area contributed by atoms with E-state index in [1.165, 1.54) is 19.8 Å². The zero-order chi connectivity index (χ0) is 30.4. The molecule has 0 N–H and O–H groups in total. The molecule has 1 aliphatic rings. The number of allylic oxidation sites excluding steroid dienone is 3. The second kappa shape index (κ2) is 17.9. The Balaban J connectivity index is 0.000000742. The smallest absolute Gasteiger partial charge is 0.320 e. The number of terminal acetylenes is 1. The number of ether oxygens (including phenoxy) is 3. The Morgan fingerprint density at radius 1 is 1.08 bits per heavy atom. The maximum absolute atomic E-state index is 12.3. The number of hydrogen-bond acceptors (Lipinski definition) is 10. The highest BCUT2D eigenvalue weighted by Crippen LogP contribution is 2.62. The molecule has 0 aromatic rings. The molecule has 39 heavy (non-hydrogen) atoms. The molecule has 0 saturated heterocycles. The van der Waals surface area contributed by atoms with E-state index in [2.05, 4.69) is 39.7 Å². The van der Waals surface area contributed by atoms with Crippen LogP contribution < -0.4 is 0 Å². The van der Waals surface area contributed by atoms with Crippen molar-refractivity contribution in [2.24, 2.45) is 17.3 Å². The van der Waals surface area contributed by atoms with E-state index in [-0.39, 0.29) is 42.9 Å². The molecule has 11 heteroatoms. The van der Waals surface area contributed by atoms with Gasteiger partial charge in [-0.3, -0.25) is 14.4 Å². The first kappa shape index (κ1) is 37.4. The van der Waals surface area contributed by atoms with Crippen LogP contribution >= 0.6 is 17.1 Å². The van der Waals surface area contributed by atoms with Gasteiger partial charge in [0, 0.05) is 14.2 Å². The predicted molar refractivity (Wildman–Crippen MR) is 161 cm³/mol. The van der Waals surface area contributed by atoms with Crippen LogP contribution in [-0.4, -0.2) is 56.7 Å². The first-order chi connectivity index (χ1) is 18.2. The third-order valence-corrected chi connectivity index (χ3v) is 11.8. The van der Waals surface area contributed by atoms with Gasteiger partial charge in [-0.25, -0.2) is 0 Å². The third-order valence-electron chi connectivity index (χ3n) is 5.91. The van der Waals surface area contributed by atoms with Crippen molar-refractivity contribution in [1.29, 1.82) is 0 Å². The van der Waals surface area contributed by atoms with Crippen LogP contribution in [0.5, 0.6) is 0 Å². The van der Waals surface area contributed by atoms with Gasteiger partial charge in [-0.05, 0) is 69.8 Å². The normalized spacial score (nSPS) is 19.3. The number of esters is 3. The van der Waals surface area contributed by atoms with Crippen molar-refractivity contribution in [3.8, 4) is 12.3 Å². The first-order valence-corrected chi connectivity index (χ1v) is 17.0. The van der Waals surface area contributed by atoms with Crippen LogP contribution in [0.2, 0.25) is 0 Å². The summed E-state index contributed by atoms with van der Waals surface area (Å²) >= 11 is 6.17. The average Bonchev–Trinajstić information content (AvgIpc) is 3.41. The van der Waals surface area contributed by atoms with Crippen molar-refractivity contribution in [2.75, 3.05) is 27.4 Å². The molecule has 1 rings (SSSR count). The lowest BCUT2D eigenvalue weighted by Crippen LogP contribution is -2.24. The number of carbonyl (C=O) groups is 3. The second-order valence-electron chi connectivity index (χ2n) is 9.58. The standard InChI is InChI=1S/C18H26O2.C10H19O6PS2/c1-8-10-13(5)15(9-2)20-17(19)16-14(11-12(3)4)18(16,6)7;1-5-15-9(11)7-8(10(12)16-6-2)19-17(18,13-3)14-4/h2,10-11,14-16H,8H2,1,3-7H3;8H,5-7H2,1-4H3/b13-10+;/t14?,15?,16-;/m0./s1. The fraction of sp³-hybridized carbons (Fsp3) is 0.679. The molecule has 0 aliphatic heterocycles. The highest BCUT2D eigenvalue weighted by atomic mass is 32.9. The summed E-state index contributed by atoms with van der Waals surface area (Å²) in [6, 6.07) is 0. The van der Waals surface area contributed by atoms with E-state index in [1.54, 1.807) is 13.8 Å². The van der Waals surface area contributed by atoms with Gasteiger partial charge in [0.1, 0.15) is 5.25 Å². The average molecular weight is 605 g/mol. The van der Waals surface area contributed by atoms with E-state index >= 15 is 0 Å². The first-order valence-electron chi connectivity index (χ1n) is 12.9. The van der Waals surface area contributed by atoms with Crippen LogP contribution in [0.15, 0.2) is 23.3 Å². The van der Waals surface area contributed by atoms with Gasteiger partial charge in [0.15, 0.2) is 6.10 Å². The van der Waals surface area contributed by atoms with E-state index in [1.807, 2.05) is 19.9 Å². The summed E-state index contributed by atoms with van der Waals surface area (Å²) in [6.45, 7) is 16.1. The van der Waals surface area contributed by atoms with Gasteiger partial charge in [-0.15, -0.1) is 6.42 Å². The second-order valence-corrected chi connectivity index (χ2v) is 16.2. The molecule has 0 bridgehead atoms. The lowest BCUT2D eigenvalue weighted by molar-refractivity contribution is -0.149. The van der Waals surface area contributed by atoms with Crippen LogP contribution in [0.4, 0.5) is 0 Å². The molecule has 0 heterocycles. The summed E-state index contributed by atoms with van der Waals surface area (Å²) in [5, 5.41) is -0.787. The van der Waals surface area contributed by atoms with Gasteiger partial charge in [0.25, 0.3) is 0 Å². The predicted octanol–water partition coefficient (Wildman–Crippen LogP) is 6.25. The zero-order valence-electron chi connectivity index (χ0n) is 24.9. The molecule has 3 unspecified atom stereocenters. The summed E-state index contributed by atoms with van der Waals surface area (Å²) in [4.78, 5) is 35.6. The van der Waals surface area contributed by atoms with Gasteiger partial charge < -0.3 is 23.3 Å². The highest BCUT2D eigenvalue weighted by molar-refractivity contribution is 8.68. The maximum atomic E-state index is 12.3. The number of hydrogen-bond donors (Lipinski definition) is 0. The van der Waals surface area contributed by atoms with Gasteiger partial charge >= 0.3 is 17.9 Å². The van der Waals surface area contributed by atoms with Crippen molar-refractivity contribution >= 4 is 46.8 Å². The summed E-state index contributed by atoms with van der Waals surface area (Å²) in [6.07, 6.45) is 9.86. The topological polar surface area (TPSA) is 97.4 Å². The lowest BCUT2D eigenvalue weighted by Gasteiger charge is -2.21. The molecule has 0 aromatic heterocycles. The Morgan fingerprint density at radius 3 is 2.08 bits per heavy atom. The Bertz CT molecular complexity index is 971. The van der Waals surface area contributed by atoms with Crippen LogP contribution in [0, 0.1) is 29.6 Å². The Morgan fingerprint density at radius 2 is 1.64 bits per heavy atom. The molecule has 1 aliphatic carbocycles. The molecule has 222 valence electrons. The van der Waals surface area contributed by atoms with Crippen LogP contribution in [0.25, 0.3) is 0 Å². The molecular weight excluding hydrogens is 559 g/mol. The zero-order valence-corrected chi connectivity index (χ0v) is 27.4. The summed E-state index contributed by atoms with van der Waals surface area (Å²) < 4.78 is 25.4. The molecule has 0 amide bonds. The third kappa shape index (κ3) is 12.6. The minimum atomic E-state index is -2.65.